The highest BCUT2D eigenvalue weighted by Gasteiger charge is 2.44. The topological polar surface area (TPSA) is 43.8 Å². The average molecular weight is 395 g/mol. The molecule has 2 heterocycles. The second-order valence-corrected chi connectivity index (χ2v) is 8.57. The quantitative estimate of drug-likeness (QED) is 0.831. The Morgan fingerprint density at radius 1 is 1.18 bits per heavy atom. The number of aryl methyl sites for hydroxylation is 2. The molecule has 2 saturated heterocycles. The predicted octanol–water partition coefficient (Wildman–Crippen LogP) is 3.49. The molecule has 3 atom stereocenters. The van der Waals surface area contributed by atoms with Gasteiger partial charge in [-0.3, -0.25) is 4.79 Å². The molecule has 0 aromatic heterocycles. The molecule has 0 radical (unpaired) electrons. The summed E-state index contributed by atoms with van der Waals surface area (Å²) in [5.74, 6) is -2.22. The minimum atomic E-state index is -2.56. The maximum atomic E-state index is 13.5. The Bertz CT molecular complexity index is 680. The zero-order valence-electron chi connectivity index (χ0n) is 17.1. The molecule has 0 aliphatic carbocycles. The first-order chi connectivity index (χ1) is 13.2. The van der Waals surface area contributed by atoms with Crippen LogP contribution in [0.2, 0.25) is 0 Å². The largest absolute Gasteiger partial charge is 0.394 e. The van der Waals surface area contributed by atoms with Crippen molar-refractivity contribution in [2.45, 2.75) is 52.0 Å². The Balaban J connectivity index is 1.76. The fraction of sp³-hybridized carbons (Fsp3) is 0.682. The summed E-state index contributed by atoms with van der Waals surface area (Å²) in [6.45, 7) is 7.98. The molecule has 2 aliphatic rings. The molecule has 1 amide bonds. The second kappa shape index (κ2) is 8.46. The molecule has 0 saturated carbocycles. The summed E-state index contributed by atoms with van der Waals surface area (Å²) in [5.41, 5.74) is 2.74. The molecule has 4 nitrogen and oxygen atoms in total. The van der Waals surface area contributed by atoms with Crippen molar-refractivity contribution in [3.63, 3.8) is 0 Å². The number of rotatable bonds is 5. The number of benzene rings is 1. The number of carbonyl (C=O) groups is 1. The molecule has 2 aliphatic heterocycles. The number of carbonyl (C=O) groups excluding carboxylic acids is 1. The van der Waals surface area contributed by atoms with Gasteiger partial charge in [-0.1, -0.05) is 30.5 Å². The van der Waals surface area contributed by atoms with Gasteiger partial charge in [-0.25, -0.2) is 8.78 Å². The first kappa shape index (κ1) is 21.2. The molecular formula is C22H32F2N2O2. The number of nitrogens with zero attached hydrogens (tertiary/aromatic N) is 2. The lowest BCUT2D eigenvalue weighted by atomic mass is 9.87. The van der Waals surface area contributed by atoms with Gasteiger partial charge in [-0.05, 0) is 37.8 Å². The molecule has 2 fully saturated rings. The number of aliphatic hydroxyl groups is 1. The van der Waals surface area contributed by atoms with E-state index in [1.54, 1.807) is 0 Å². The van der Waals surface area contributed by atoms with Crippen LogP contribution in [-0.2, 0) is 0 Å². The number of likely N-dealkylation sites (tertiary alicyclic amines) is 2. The second-order valence-electron chi connectivity index (χ2n) is 8.57. The zero-order valence-corrected chi connectivity index (χ0v) is 17.1. The van der Waals surface area contributed by atoms with E-state index in [1.807, 2.05) is 36.9 Å². The van der Waals surface area contributed by atoms with Crippen molar-refractivity contribution in [1.29, 1.82) is 0 Å². The Labute approximate surface area is 166 Å². The van der Waals surface area contributed by atoms with Crippen molar-refractivity contribution in [2.24, 2.45) is 11.8 Å². The number of halogens is 2. The third kappa shape index (κ3) is 4.54. The van der Waals surface area contributed by atoms with Crippen LogP contribution in [0.15, 0.2) is 18.2 Å². The van der Waals surface area contributed by atoms with E-state index in [1.165, 1.54) is 0 Å². The summed E-state index contributed by atoms with van der Waals surface area (Å²) in [4.78, 5) is 17.1. The minimum absolute atomic E-state index is 0.0445. The molecule has 1 aromatic rings. The Morgan fingerprint density at radius 3 is 2.32 bits per heavy atom. The standard InChI is InChI=1S/C22H32F2N2O2/c1-4-17-12-26(21(28)18-10-15(2)9-16(3)11-18)20(14-27)19(17)13-25-7-5-22(23,24)6-8-25/h9-11,17,19-20,27H,4-8,12-14H2,1-3H3/t17-,19-,20-/m1/s1. The lowest BCUT2D eigenvalue weighted by molar-refractivity contribution is -0.0591. The fourth-order valence-electron chi connectivity index (χ4n) is 4.86. The number of aliphatic hydroxyl groups excluding tert-OH is 1. The average Bonchev–Trinajstić information content (AvgIpc) is 2.99. The van der Waals surface area contributed by atoms with Gasteiger partial charge in [0.1, 0.15) is 0 Å². The summed E-state index contributed by atoms with van der Waals surface area (Å²) in [6, 6.07) is 5.56. The van der Waals surface area contributed by atoms with Crippen molar-refractivity contribution in [1.82, 2.24) is 9.80 Å². The molecule has 6 heteroatoms. The van der Waals surface area contributed by atoms with E-state index < -0.39 is 5.92 Å². The maximum absolute atomic E-state index is 13.5. The lowest BCUT2D eigenvalue weighted by Gasteiger charge is -2.36. The minimum Gasteiger partial charge on any atom is -0.394 e. The third-order valence-corrected chi connectivity index (χ3v) is 6.43. The van der Waals surface area contributed by atoms with Crippen LogP contribution in [0.4, 0.5) is 8.78 Å². The molecule has 3 rings (SSSR count). The van der Waals surface area contributed by atoms with Crippen LogP contribution in [-0.4, -0.2) is 65.6 Å². The first-order valence-corrected chi connectivity index (χ1v) is 10.3. The highest BCUT2D eigenvalue weighted by atomic mass is 19.3. The number of amides is 1. The lowest BCUT2D eigenvalue weighted by Crippen LogP contribution is -2.46. The van der Waals surface area contributed by atoms with Crippen LogP contribution < -0.4 is 0 Å². The number of alkyl halides is 2. The van der Waals surface area contributed by atoms with Crippen LogP contribution in [0.5, 0.6) is 0 Å². The Morgan fingerprint density at radius 2 is 1.79 bits per heavy atom. The first-order valence-electron chi connectivity index (χ1n) is 10.3. The number of hydrogen-bond acceptors (Lipinski definition) is 3. The molecule has 1 N–H and O–H groups in total. The predicted molar refractivity (Wildman–Crippen MR) is 106 cm³/mol. The smallest absolute Gasteiger partial charge is 0.254 e. The SMILES string of the molecule is CC[C@@H]1CN(C(=O)c2cc(C)cc(C)c2)[C@H](CO)[C@@H]1CN1CCC(F)(F)CC1. The van der Waals surface area contributed by atoms with Gasteiger partial charge in [-0.15, -0.1) is 0 Å². The van der Waals surface area contributed by atoms with Crippen LogP contribution in [0.25, 0.3) is 0 Å². The molecule has 0 spiro atoms. The van der Waals surface area contributed by atoms with Gasteiger partial charge in [0.25, 0.3) is 11.8 Å². The van der Waals surface area contributed by atoms with Crippen LogP contribution >= 0.6 is 0 Å². The Kier molecular flexibility index (Phi) is 6.40. The van der Waals surface area contributed by atoms with Crippen molar-refractivity contribution >= 4 is 5.91 Å². The van der Waals surface area contributed by atoms with E-state index in [9.17, 15) is 18.7 Å². The van der Waals surface area contributed by atoms with Gasteiger partial charge >= 0.3 is 0 Å². The zero-order chi connectivity index (χ0) is 20.5. The number of piperidine rings is 1. The summed E-state index contributed by atoms with van der Waals surface area (Å²) >= 11 is 0. The fourth-order valence-corrected chi connectivity index (χ4v) is 4.86. The maximum Gasteiger partial charge on any atom is 0.254 e. The van der Waals surface area contributed by atoms with E-state index in [0.717, 1.165) is 17.5 Å². The van der Waals surface area contributed by atoms with E-state index in [-0.39, 0.29) is 43.2 Å². The van der Waals surface area contributed by atoms with Gasteiger partial charge in [0, 0.05) is 44.6 Å². The normalized spacial score (nSPS) is 27.9. The van der Waals surface area contributed by atoms with Crippen LogP contribution in [0, 0.1) is 25.7 Å². The van der Waals surface area contributed by atoms with Gasteiger partial charge in [-0.2, -0.15) is 0 Å². The van der Waals surface area contributed by atoms with Gasteiger partial charge in [0.15, 0.2) is 0 Å². The van der Waals surface area contributed by atoms with Gasteiger partial charge in [0.2, 0.25) is 0 Å². The summed E-state index contributed by atoms with van der Waals surface area (Å²) in [7, 11) is 0. The van der Waals surface area contributed by atoms with E-state index in [0.29, 0.717) is 31.7 Å². The molecule has 28 heavy (non-hydrogen) atoms. The highest BCUT2D eigenvalue weighted by molar-refractivity contribution is 5.95. The van der Waals surface area contributed by atoms with Crippen molar-refractivity contribution < 1.29 is 18.7 Å². The van der Waals surface area contributed by atoms with Gasteiger partial charge < -0.3 is 14.9 Å². The monoisotopic (exact) mass is 394 g/mol. The highest BCUT2D eigenvalue weighted by Crippen LogP contribution is 2.36. The van der Waals surface area contributed by atoms with E-state index in [2.05, 4.69) is 11.8 Å². The molecular weight excluding hydrogens is 362 g/mol. The molecule has 0 bridgehead atoms. The third-order valence-electron chi connectivity index (χ3n) is 6.43. The molecule has 156 valence electrons. The van der Waals surface area contributed by atoms with E-state index in [4.69, 9.17) is 0 Å². The molecule has 0 unspecified atom stereocenters. The Hall–Kier alpha value is -1.53. The number of hydrogen-bond donors (Lipinski definition) is 1. The summed E-state index contributed by atoms with van der Waals surface area (Å²) in [6.07, 6.45) is 0.693. The van der Waals surface area contributed by atoms with Crippen LogP contribution in [0.1, 0.15) is 47.7 Å². The van der Waals surface area contributed by atoms with Crippen molar-refractivity contribution in [2.75, 3.05) is 32.8 Å². The molecule has 1 aromatic carbocycles. The van der Waals surface area contributed by atoms with Crippen LogP contribution in [0.3, 0.4) is 0 Å². The summed E-state index contributed by atoms with van der Waals surface area (Å²) < 4.78 is 27.0. The van der Waals surface area contributed by atoms with Crippen molar-refractivity contribution in [3.05, 3.63) is 34.9 Å². The van der Waals surface area contributed by atoms with E-state index >= 15 is 0 Å². The summed E-state index contributed by atoms with van der Waals surface area (Å²) in [5, 5.41) is 10.1. The van der Waals surface area contributed by atoms with Gasteiger partial charge in [0.05, 0.1) is 12.6 Å². The van der Waals surface area contributed by atoms with Crippen molar-refractivity contribution in [3.8, 4) is 0 Å².